The highest BCUT2D eigenvalue weighted by Gasteiger charge is 2.45. The minimum absolute atomic E-state index is 0.0380. The lowest BCUT2D eigenvalue weighted by molar-refractivity contribution is -0.138. The third-order valence-electron chi connectivity index (χ3n) is 6.80. The first-order valence-corrected chi connectivity index (χ1v) is 14.9. The lowest BCUT2D eigenvalue weighted by atomic mass is 10.1. The summed E-state index contributed by atoms with van der Waals surface area (Å²) in [6.07, 6.45) is 0.628. The van der Waals surface area contributed by atoms with E-state index < -0.39 is 28.9 Å². The third-order valence-corrected chi connectivity index (χ3v) is 11.0. The molecule has 6 nitrogen and oxygen atoms in total. The molecule has 2 aliphatic heterocycles. The van der Waals surface area contributed by atoms with E-state index >= 15 is 0 Å². The molecule has 1 aromatic heterocycles. The van der Waals surface area contributed by atoms with Crippen molar-refractivity contribution in [3.05, 3.63) is 17.8 Å². The van der Waals surface area contributed by atoms with Crippen LogP contribution in [0.1, 0.15) is 44.1 Å². The Hall–Kier alpha value is -1.12. The number of halogens is 3. The minimum Gasteiger partial charge on any atom is -0.355 e. The van der Waals surface area contributed by atoms with Crippen LogP contribution in [0.25, 0.3) is 0 Å². The van der Waals surface area contributed by atoms with E-state index in [-0.39, 0.29) is 22.4 Å². The maximum atomic E-state index is 13.6. The average Bonchev–Trinajstić information content (AvgIpc) is 3.42. The van der Waals surface area contributed by atoms with Crippen LogP contribution in [0.3, 0.4) is 0 Å². The molecule has 0 bridgehead atoms. The minimum atomic E-state index is -4.68. The SMILES string of the molecule is CP(C)(=O)C1CCN(c2ncc(C(F)(F)F)cc2S(=O)(=O)N2CCCC2C2CC2)CC1. The largest absolute Gasteiger partial charge is 0.417 e. The molecule has 1 unspecified atom stereocenters. The van der Waals surface area contributed by atoms with Gasteiger partial charge in [-0.05, 0) is 63.8 Å². The first-order valence-electron chi connectivity index (χ1n) is 10.8. The highest BCUT2D eigenvalue weighted by molar-refractivity contribution is 7.89. The Balaban J connectivity index is 1.70. The summed E-state index contributed by atoms with van der Waals surface area (Å²) in [5, 5.41) is 0. The second-order valence-electron chi connectivity index (χ2n) is 9.36. The molecular formula is C20H29F3N3O3PS. The topological polar surface area (TPSA) is 70.6 Å². The van der Waals surface area contributed by atoms with Crippen LogP contribution >= 0.6 is 7.14 Å². The van der Waals surface area contributed by atoms with E-state index in [0.717, 1.165) is 31.7 Å². The molecule has 0 amide bonds. The van der Waals surface area contributed by atoms with Crippen LogP contribution in [-0.4, -0.2) is 62.4 Å². The summed E-state index contributed by atoms with van der Waals surface area (Å²) in [4.78, 5) is 5.39. The summed E-state index contributed by atoms with van der Waals surface area (Å²) >= 11 is 0. The van der Waals surface area contributed by atoms with Gasteiger partial charge in [-0.3, -0.25) is 0 Å². The zero-order valence-electron chi connectivity index (χ0n) is 17.8. The quantitative estimate of drug-likeness (QED) is 0.591. The van der Waals surface area contributed by atoms with Gasteiger partial charge in [0.05, 0.1) is 12.7 Å². The highest BCUT2D eigenvalue weighted by atomic mass is 32.2. The summed E-state index contributed by atoms with van der Waals surface area (Å²) < 4.78 is 81.2. The average molecular weight is 480 g/mol. The van der Waals surface area contributed by atoms with Crippen LogP contribution in [0.15, 0.2) is 17.2 Å². The molecule has 1 aliphatic carbocycles. The Bertz CT molecular complexity index is 983. The standard InChI is InChI=1S/C20H29F3N3O3PS/c1-30(2,27)16-7-10-25(11-8-16)19-18(12-15(13-24-19)20(21,22)23)31(28,29)26-9-3-4-17(26)14-5-6-14/h12-14,16-17H,3-11H2,1-2H3. The second-order valence-corrected chi connectivity index (χ2v) is 14.8. The summed E-state index contributed by atoms with van der Waals surface area (Å²) in [5.41, 5.74) is -1.02. The number of aromatic nitrogens is 1. The van der Waals surface area contributed by atoms with E-state index in [0.29, 0.717) is 44.6 Å². The van der Waals surface area contributed by atoms with Gasteiger partial charge in [0.15, 0.2) is 0 Å². The van der Waals surface area contributed by atoms with E-state index in [2.05, 4.69) is 4.98 Å². The van der Waals surface area contributed by atoms with Gasteiger partial charge in [-0.15, -0.1) is 0 Å². The lowest BCUT2D eigenvalue weighted by Gasteiger charge is -2.36. The predicted molar refractivity (Wildman–Crippen MR) is 114 cm³/mol. The Morgan fingerprint density at radius 3 is 2.26 bits per heavy atom. The first kappa shape index (κ1) is 23.1. The van der Waals surface area contributed by atoms with Gasteiger partial charge in [-0.1, -0.05) is 0 Å². The van der Waals surface area contributed by atoms with Crippen LogP contribution < -0.4 is 4.90 Å². The number of piperidine rings is 1. The zero-order chi connectivity index (χ0) is 22.6. The molecule has 4 rings (SSSR count). The number of rotatable bonds is 5. The maximum Gasteiger partial charge on any atom is 0.417 e. The molecule has 11 heteroatoms. The molecule has 2 saturated heterocycles. The number of anilines is 1. The smallest absolute Gasteiger partial charge is 0.355 e. The molecule has 0 N–H and O–H groups in total. The molecule has 3 fully saturated rings. The Morgan fingerprint density at radius 2 is 1.71 bits per heavy atom. The van der Waals surface area contributed by atoms with Gasteiger partial charge < -0.3 is 9.46 Å². The molecule has 0 aromatic carbocycles. The summed E-state index contributed by atoms with van der Waals surface area (Å²) in [7, 11) is -6.41. The van der Waals surface area contributed by atoms with Crippen LogP contribution in [0.2, 0.25) is 0 Å². The van der Waals surface area contributed by atoms with Gasteiger partial charge in [0, 0.05) is 37.5 Å². The third kappa shape index (κ3) is 4.67. The van der Waals surface area contributed by atoms with Crippen molar-refractivity contribution >= 4 is 23.0 Å². The van der Waals surface area contributed by atoms with Crippen molar-refractivity contribution in [1.82, 2.24) is 9.29 Å². The number of pyridine rings is 1. The fourth-order valence-electron chi connectivity index (χ4n) is 4.86. The van der Waals surface area contributed by atoms with Crippen molar-refractivity contribution in [3.63, 3.8) is 0 Å². The molecule has 0 radical (unpaired) electrons. The van der Waals surface area contributed by atoms with Crippen molar-refractivity contribution in [2.24, 2.45) is 5.92 Å². The number of nitrogens with zero attached hydrogens (tertiary/aromatic N) is 3. The highest BCUT2D eigenvalue weighted by Crippen LogP contribution is 2.48. The van der Waals surface area contributed by atoms with Crippen molar-refractivity contribution in [1.29, 1.82) is 0 Å². The van der Waals surface area contributed by atoms with Crippen molar-refractivity contribution < 1.29 is 26.2 Å². The fraction of sp³-hybridized carbons (Fsp3) is 0.750. The van der Waals surface area contributed by atoms with Gasteiger partial charge >= 0.3 is 6.18 Å². The lowest BCUT2D eigenvalue weighted by Crippen LogP contribution is -2.40. The molecule has 0 spiro atoms. The van der Waals surface area contributed by atoms with Gasteiger partial charge in [0.1, 0.15) is 10.7 Å². The van der Waals surface area contributed by atoms with Crippen LogP contribution in [0.5, 0.6) is 0 Å². The summed E-state index contributed by atoms with van der Waals surface area (Å²) in [6, 6.07) is 0.612. The Kier molecular flexibility index (Phi) is 5.97. The van der Waals surface area contributed by atoms with Crippen LogP contribution in [0, 0.1) is 5.92 Å². The van der Waals surface area contributed by atoms with Crippen molar-refractivity contribution in [2.75, 3.05) is 37.9 Å². The van der Waals surface area contributed by atoms with Crippen molar-refractivity contribution in [3.8, 4) is 0 Å². The van der Waals surface area contributed by atoms with Crippen LogP contribution in [-0.2, 0) is 20.8 Å². The van der Waals surface area contributed by atoms with E-state index in [1.165, 1.54) is 4.31 Å². The van der Waals surface area contributed by atoms with Crippen molar-refractivity contribution in [2.45, 2.75) is 61.3 Å². The summed E-state index contributed by atoms with van der Waals surface area (Å²) in [5.74, 6) is 0.383. The molecule has 31 heavy (non-hydrogen) atoms. The van der Waals surface area contributed by atoms with Gasteiger partial charge in [0.25, 0.3) is 0 Å². The first-order chi connectivity index (χ1) is 14.4. The molecule has 174 valence electrons. The molecule has 1 saturated carbocycles. The Labute approximate surface area is 181 Å². The monoisotopic (exact) mass is 479 g/mol. The number of hydrogen-bond donors (Lipinski definition) is 0. The van der Waals surface area contributed by atoms with Gasteiger partial charge in [-0.2, -0.15) is 17.5 Å². The van der Waals surface area contributed by atoms with Gasteiger partial charge in [0.2, 0.25) is 10.0 Å². The summed E-state index contributed by atoms with van der Waals surface area (Å²) in [6.45, 7) is 4.65. The number of sulfonamides is 1. The number of hydrogen-bond acceptors (Lipinski definition) is 5. The zero-order valence-corrected chi connectivity index (χ0v) is 19.5. The molecular weight excluding hydrogens is 450 g/mol. The second kappa shape index (κ2) is 8.03. The molecule has 1 aromatic rings. The van der Waals surface area contributed by atoms with Gasteiger partial charge in [-0.25, -0.2) is 13.4 Å². The van der Waals surface area contributed by atoms with E-state index in [1.807, 2.05) is 0 Å². The molecule has 1 atom stereocenters. The molecule has 3 aliphatic rings. The Morgan fingerprint density at radius 1 is 1.06 bits per heavy atom. The number of alkyl halides is 3. The predicted octanol–water partition coefficient (Wildman–Crippen LogP) is 4.26. The van der Waals surface area contributed by atoms with E-state index in [9.17, 15) is 26.2 Å². The van der Waals surface area contributed by atoms with Crippen LogP contribution in [0.4, 0.5) is 19.0 Å². The van der Waals surface area contributed by atoms with E-state index in [4.69, 9.17) is 0 Å². The fourth-order valence-corrected chi connectivity index (χ4v) is 8.28. The van der Waals surface area contributed by atoms with E-state index in [1.54, 1.807) is 18.2 Å². The normalized spacial score (nSPS) is 24.7. The maximum absolute atomic E-state index is 13.6. The molecule has 3 heterocycles.